The van der Waals surface area contributed by atoms with Gasteiger partial charge in [0.15, 0.2) is 0 Å². The molecule has 0 spiro atoms. The molecular formula is C12H16N4O. The quantitative estimate of drug-likeness (QED) is 0.872. The fourth-order valence-electron chi connectivity index (χ4n) is 1.76. The lowest BCUT2D eigenvalue weighted by molar-refractivity contribution is 0.334. The summed E-state index contributed by atoms with van der Waals surface area (Å²) in [7, 11) is 0. The molecule has 17 heavy (non-hydrogen) atoms. The third-order valence-electron chi connectivity index (χ3n) is 2.73. The molecule has 0 bridgehead atoms. The lowest BCUT2D eigenvalue weighted by Crippen LogP contribution is -2.24. The van der Waals surface area contributed by atoms with E-state index >= 15 is 0 Å². The number of aromatic nitrogens is 3. The summed E-state index contributed by atoms with van der Waals surface area (Å²) in [5, 5.41) is 3.93. The third kappa shape index (κ3) is 2.50. The minimum Gasteiger partial charge on any atom is -0.339 e. The molecule has 0 amide bonds. The SMILES string of the molecule is CCC(c1nc(-c2ccccn2)no1)C(C)N. The van der Waals surface area contributed by atoms with Crippen LogP contribution in [0.3, 0.4) is 0 Å². The fraction of sp³-hybridized carbons (Fsp3) is 0.417. The maximum absolute atomic E-state index is 5.88. The van der Waals surface area contributed by atoms with E-state index in [1.165, 1.54) is 0 Å². The standard InChI is InChI=1S/C12H16N4O/c1-3-9(8(2)13)12-15-11(16-17-12)10-6-4-5-7-14-10/h4-9H,3,13H2,1-2H3. The van der Waals surface area contributed by atoms with Crippen LogP contribution in [0.1, 0.15) is 32.1 Å². The van der Waals surface area contributed by atoms with E-state index in [1.807, 2.05) is 25.1 Å². The Kier molecular flexibility index (Phi) is 3.49. The zero-order valence-electron chi connectivity index (χ0n) is 10.00. The molecule has 0 aliphatic rings. The van der Waals surface area contributed by atoms with Gasteiger partial charge in [-0.3, -0.25) is 4.98 Å². The van der Waals surface area contributed by atoms with Crippen LogP contribution in [0, 0.1) is 0 Å². The van der Waals surface area contributed by atoms with Crippen LogP contribution in [-0.4, -0.2) is 21.2 Å². The molecule has 0 saturated carbocycles. The molecule has 0 aliphatic heterocycles. The van der Waals surface area contributed by atoms with E-state index in [-0.39, 0.29) is 12.0 Å². The van der Waals surface area contributed by atoms with Gasteiger partial charge in [0.25, 0.3) is 0 Å². The summed E-state index contributed by atoms with van der Waals surface area (Å²) in [5.41, 5.74) is 6.59. The molecule has 5 heteroatoms. The van der Waals surface area contributed by atoms with Crippen LogP contribution in [-0.2, 0) is 0 Å². The highest BCUT2D eigenvalue weighted by atomic mass is 16.5. The van der Waals surface area contributed by atoms with Gasteiger partial charge in [0.05, 0.1) is 5.92 Å². The van der Waals surface area contributed by atoms with Crippen molar-refractivity contribution in [2.45, 2.75) is 32.2 Å². The molecule has 2 heterocycles. The van der Waals surface area contributed by atoms with Crippen molar-refractivity contribution in [3.05, 3.63) is 30.3 Å². The average molecular weight is 232 g/mol. The lowest BCUT2D eigenvalue weighted by atomic mass is 9.99. The summed E-state index contributed by atoms with van der Waals surface area (Å²) in [6, 6.07) is 5.58. The van der Waals surface area contributed by atoms with Crippen LogP contribution in [0.5, 0.6) is 0 Å². The number of nitrogens with zero attached hydrogens (tertiary/aromatic N) is 3. The second-order valence-electron chi connectivity index (χ2n) is 4.05. The molecule has 2 N–H and O–H groups in total. The Labute approximate surface area is 100 Å². The van der Waals surface area contributed by atoms with Crippen molar-refractivity contribution in [2.24, 2.45) is 5.73 Å². The van der Waals surface area contributed by atoms with Crippen LogP contribution in [0.15, 0.2) is 28.9 Å². The van der Waals surface area contributed by atoms with Crippen molar-refractivity contribution in [1.29, 1.82) is 0 Å². The summed E-state index contributed by atoms with van der Waals surface area (Å²) < 4.78 is 5.25. The average Bonchev–Trinajstić information content (AvgIpc) is 2.80. The second kappa shape index (κ2) is 5.05. The van der Waals surface area contributed by atoms with E-state index in [4.69, 9.17) is 10.3 Å². The van der Waals surface area contributed by atoms with Crippen molar-refractivity contribution in [1.82, 2.24) is 15.1 Å². The Balaban J connectivity index is 2.27. The zero-order chi connectivity index (χ0) is 12.3. The van der Waals surface area contributed by atoms with E-state index in [2.05, 4.69) is 22.0 Å². The van der Waals surface area contributed by atoms with Gasteiger partial charge in [0.1, 0.15) is 5.69 Å². The molecule has 2 atom stereocenters. The van der Waals surface area contributed by atoms with E-state index in [0.29, 0.717) is 17.4 Å². The van der Waals surface area contributed by atoms with Crippen LogP contribution < -0.4 is 5.73 Å². The summed E-state index contributed by atoms with van der Waals surface area (Å²) in [5.74, 6) is 1.20. The monoisotopic (exact) mass is 232 g/mol. The molecule has 5 nitrogen and oxygen atoms in total. The van der Waals surface area contributed by atoms with Gasteiger partial charge in [-0.25, -0.2) is 0 Å². The first kappa shape index (κ1) is 11.7. The first-order valence-electron chi connectivity index (χ1n) is 5.73. The molecule has 2 rings (SSSR count). The topological polar surface area (TPSA) is 77.8 Å². The molecule has 0 aromatic carbocycles. The first-order chi connectivity index (χ1) is 8.22. The van der Waals surface area contributed by atoms with E-state index in [9.17, 15) is 0 Å². The van der Waals surface area contributed by atoms with E-state index in [1.54, 1.807) is 6.20 Å². The summed E-state index contributed by atoms with van der Waals surface area (Å²) >= 11 is 0. The second-order valence-corrected chi connectivity index (χ2v) is 4.05. The maximum Gasteiger partial charge on any atom is 0.231 e. The largest absolute Gasteiger partial charge is 0.339 e. The highest BCUT2D eigenvalue weighted by Crippen LogP contribution is 2.22. The van der Waals surface area contributed by atoms with Gasteiger partial charge >= 0.3 is 0 Å². The summed E-state index contributed by atoms with van der Waals surface area (Å²) in [6.45, 7) is 4.00. The summed E-state index contributed by atoms with van der Waals surface area (Å²) in [6.07, 6.45) is 2.58. The fourth-order valence-corrected chi connectivity index (χ4v) is 1.76. The normalized spacial score (nSPS) is 14.5. The van der Waals surface area contributed by atoms with Crippen molar-refractivity contribution in [3.63, 3.8) is 0 Å². The molecule has 0 fully saturated rings. The minimum absolute atomic E-state index is 0.00275. The smallest absolute Gasteiger partial charge is 0.231 e. The Morgan fingerprint density at radius 2 is 2.24 bits per heavy atom. The van der Waals surface area contributed by atoms with Crippen molar-refractivity contribution < 1.29 is 4.52 Å². The highest BCUT2D eigenvalue weighted by molar-refractivity contribution is 5.47. The molecular weight excluding hydrogens is 216 g/mol. The Morgan fingerprint density at radius 3 is 2.82 bits per heavy atom. The van der Waals surface area contributed by atoms with Crippen molar-refractivity contribution in [3.8, 4) is 11.5 Å². The van der Waals surface area contributed by atoms with Gasteiger partial charge in [-0.05, 0) is 25.5 Å². The number of hydrogen-bond donors (Lipinski definition) is 1. The Bertz CT molecular complexity index is 466. The molecule has 0 aliphatic carbocycles. The van der Waals surface area contributed by atoms with Crippen LogP contribution in [0.2, 0.25) is 0 Å². The van der Waals surface area contributed by atoms with Gasteiger partial charge < -0.3 is 10.3 Å². The number of rotatable bonds is 4. The lowest BCUT2D eigenvalue weighted by Gasteiger charge is -2.13. The van der Waals surface area contributed by atoms with Crippen LogP contribution >= 0.6 is 0 Å². The van der Waals surface area contributed by atoms with Gasteiger partial charge in [0.2, 0.25) is 11.7 Å². The first-order valence-corrected chi connectivity index (χ1v) is 5.73. The summed E-state index contributed by atoms with van der Waals surface area (Å²) in [4.78, 5) is 8.53. The number of hydrogen-bond acceptors (Lipinski definition) is 5. The van der Waals surface area contributed by atoms with Crippen molar-refractivity contribution in [2.75, 3.05) is 0 Å². The van der Waals surface area contributed by atoms with Crippen molar-refractivity contribution >= 4 is 0 Å². The van der Waals surface area contributed by atoms with Gasteiger partial charge in [-0.15, -0.1) is 0 Å². The molecule has 2 unspecified atom stereocenters. The van der Waals surface area contributed by atoms with Crippen LogP contribution in [0.25, 0.3) is 11.5 Å². The van der Waals surface area contributed by atoms with Gasteiger partial charge in [-0.2, -0.15) is 4.98 Å². The third-order valence-corrected chi connectivity index (χ3v) is 2.73. The molecule has 0 radical (unpaired) electrons. The van der Waals surface area contributed by atoms with E-state index in [0.717, 1.165) is 6.42 Å². The molecule has 90 valence electrons. The predicted molar refractivity (Wildman–Crippen MR) is 64.2 cm³/mol. The Hall–Kier alpha value is -1.75. The minimum atomic E-state index is -0.00275. The molecule has 2 aromatic rings. The van der Waals surface area contributed by atoms with Gasteiger partial charge in [0, 0.05) is 12.2 Å². The maximum atomic E-state index is 5.88. The Morgan fingerprint density at radius 1 is 1.41 bits per heavy atom. The number of nitrogens with two attached hydrogens (primary N) is 1. The molecule has 2 aromatic heterocycles. The highest BCUT2D eigenvalue weighted by Gasteiger charge is 2.21. The molecule has 0 saturated heterocycles. The van der Waals surface area contributed by atoms with Crippen LogP contribution in [0.4, 0.5) is 0 Å². The number of pyridine rings is 1. The van der Waals surface area contributed by atoms with Gasteiger partial charge in [-0.1, -0.05) is 18.1 Å². The van der Waals surface area contributed by atoms with E-state index < -0.39 is 0 Å². The predicted octanol–water partition coefficient (Wildman–Crippen LogP) is 1.97. The zero-order valence-corrected chi connectivity index (χ0v) is 10.00.